The standard InChI is InChI=1S/C47H50N8O5S/c56-41-17-16-40(43(57)49-41)54-31-39-32(12-8-13-37(39)45(54)59)9-4-1-2-7-21-51-24-26-53(27-25-51)35-18-22-52(23-19-35)36-15-14-34-30-55(46(60)38(34)29-36)42(33-10-5-3-6-11-33)44(58)50-47-48-20-28-61-47/h3,5-6,8,10-15,20,28-29,35,40,42H,1-2,7,16-19,21-27,30-31H2,(H,48,50,58)(H,49,56,57). The first-order chi connectivity index (χ1) is 29.8. The van der Waals surface area contributed by atoms with Gasteiger partial charge in [0.1, 0.15) is 12.1 Å². The molecule has 6 heterocycles. The lowest BCUT2D eigenvalue weighted by atomic mass is 10.0. The molecule has 3 saturated heterocycles. The number of rotatable bonds is 11. The Morgan fingerprint density at radius 1 is 0.869 bits per heavy atom. The van der Waals surface area contributed by atoms with Crippen LogP contribution in [0.2, 0.25) is 0 Å². The first-order valence-corrected chi connectivity index (χ1v) is 22.3. The molecule has 0 saturated carbocycles. The van der Waals surface area contributed by atoms with Gasteiger partial charge in [-0.05, 0) is 79.6 Å². The number of unbranched alkanes of at least 4 members (excludes halogenated alkanes) is 2. The van der Waals surface area contributed by atoms with Crippen LogP contribution in [-0.4, -0.2) is 112 Å². The Labute approximate surface area is 360 Å². The maximum Gasteiger partial charge on any atom is 0.255 e. The van der Waals surface area contributed by atoms with E-state index >= 15 is 0 Å². The molecular weight excluding hydrogens is 789 g/mol. The quantitative estimate of drug-likeness (QED) is 0.121. The third kappa shape index (κ3) is 8.68. The lowest BCUT2D eigenvalue weighted by Gasteiger charge is -2.43. The number of amides is 5. The van der Waals surface area contributed by atoms with Crippen LogP contribution >= 0.6 is 11.3 Å². The van der Waals surface area contributed by atoms with Gasteiger partial charge in [0.05, 0.1) is 0 Å². The molecule has 5 aliphatic rings. The molecule has 1 aromatic heterocycles. The molecule has 9 rings (SSSR count). The molecule has 13 nitrogen and oxygen atoms in total. The van der Waals surface area contributed by atoms with Crippen molar-refractivity contribution in [2.24, 2.45) is 0 Å². The molecule has 0 bridgehead atoms. The monoisotopic (exact) mass is 838 g/mol. The van der Waals surface area contributed by atoms with Gasteiger partial charge in [0, 0.05) is 105 Å². The molecule has 314 valence electrons. The minimum atomic E-state index is -0.774. The largest absolute Gasteiger partial charge is 0.371 e. The Bertz CT molecular complexity index is 2360. The Kier molecular flexibility index (Phi) is 12.0. The number of hydrogen-bond donors (Lipinski definition) is 2. The van der Waals surface area contributed by atoms with Crippen LogP contribution in [0.1, 0.15) is 94.0 Å². The molecule has 61 heavy (non-hydrogen) atoms. The molecular formula is C47H50N8O5S. The van der Waals surface area contributed by atoms with E-state index in [0.717, 1.165) is 106 Å². The van der Waals surface area contributed by atoms with Crippen LogP contribution in [-0.2, 0) is 27.5 Å². The highest BCUT2D eigenvalue weighted by atomic mass is 32.1. The molecule has 5 aliphatic heterocycles. The fraction of sp³-hybridized carbons (Fsp3) is 0.404. The van der Waals surface area contributed by atoms with Crippen molar-refractivity contribution >= 4 is 51.7 Å². The van der Waals surface area contributed by atoms with Crippen molar-refractivity contribution < 1.29 is 24.0 Å². The lowest BCUT2D eigenvalue weighted by Crippen LogP contribution is -2.53. The summed E-state index contributed by atoms with van der Waals surface area (Å²) in [6.07, 6.45) is 7.25. The smallest absolute Gasteiger partial charge is 0.255 e. The van der Waals surface area contributed by atoms with Crippen molar-refractivity contribution in [1.29, 1.82) is 0 Å². The summed E-state index contributed by atoms with van der Waals surface area (Å²) >= 11 is 1.35. The second kappa shape index (κ2) is 18.0. The number of nitrogens with one attached hydrogen (secondary N) is 2. The van der Waals surface area contributed by atoms with E-state index in [1.807, 2.05) is 53.9 Å². The van der Waals surface area contributed by atoms with Gasteiger partial charge < -0.3 is 19.6 Å². The summed E-state index contributed by atoms with van der Waals surface area (Å²) in [4.78, 5) is 79.9. The first-order valence-electron chi connectivity index (χ1n) is 21.5. The molecule has 0 aliphatic carbocycles. The number of hydrogen-bond acceptors (Lipinski definition) is 10. The zero-order valence-electron chi connectivity index (χ0n) is 34.2. The van der Waals surface area contributed by atoms with Gasteiger partial charge in [-0.1, -0.05) is 54.3 Å². The van der Waals surface area contributed by atoms with Crippen LogP contribution in [0.15, 0.2) is 78.3 Å². The predicted molar refractivity (Wildman–Crippen MR) is 233 cm³/mol. The number of benzene rings is 3. The van der Waals surface area contributed by atoms with E-state index in [1.54, 1.807) is 22.1 Å². The molecule has 0 radical (unpaired) electrons. The normalized spacial score (nSPS) is 20.3. The maximum absolute atomic E-state index is 14.0. The van der Waals surface area contributed by atoms with Gasteiger partial charge >= 0.3 is 0 Å². The summed E-state index contributed by atoms with van der Waals surface area (Å²) in [7, 11) is 0. The number of carbonyl (C=O) groups is 5. The summed E-state index contributed by atoms with van der Waals surface area (Å²) < 4.78 is 0. The third-order valence-electron chi connectivity index (χ3n) is 12.8. The Balaban J connectivity index is 0.714. The van der Waals surface area contributed by atoms with E-state index in [1.165, 1.54) is 11.3 Å². The van der Waals surface area contributed by atoms with Crippen LogP contribution < -0.4 is 15.5 Å². The first kappa shape index (κ1) is 40.5. The summed E-state index contributed by atoms with van der Waals surface area (Å²) in [6, 6.07) is 20.4. The summed E-state index contributed by atoms with van der Waals surface area (Å²) in [5.74, 6) is 5.35. The molecule has 14 heteroatoms. The average Bonchev–Trinajstić information content (AvgIpc) is 4.01. The highest BCUT2D eigenvalue weighted by molar-refractivity contribution is 7.13. The van der Waals surface area contributed by atoms with Crippen LogP contribution in [0.5, 0.6) is 0 Å². The lowest BCUT2D eigenvalue weighted by molar-refractivity contribution is -0.137. The highest BCUT2D eigenvalue weighted by Crippen LogP contribution is 2.36. The van der Waals surface area contributed by atoms with Gasteiger partial charge in [0.2, 0.25) is 11.8 Å². The van der Waals surface area contributed by atoms with Crippen LogP contribution in [0, 0.1) is 11.8 Å². The molecule has 5 amide bonds. The Morgan fingerprint density at radius 2 is 1.69 bits per heavy atom. The number of thiazole rings is 1. The van der Waals surface area contributed by atoms with Gasteiger partial charge in [-0.2, -0.15) is 0 Å². The number of nitrogens with zero attached hydrogens (tertiary/aromatic N) is 6. The predicted octanol–water partition coefficient (Wildman–Crippen LogP) is 5.05. The zero-order chi connectivity index (χ0) is 41.9. The van der Waals surface area contributed by atoms with E-state index in [9.17, 15) is 24.0 Å². The SMILES string of the molecule is O=C1CCC(N2Cc3c(C#CCCCCN4CCN(C5CCN(c6ccc7c(c6)C(=O)N(C(C(=O)Nc6nccs6)c6ccccc6)C7)CC5)CC4)cccc3C2=O)C(=O)N1. The highest BCUT2D eigenvalue weighted by Gasteiger charge is 2.41. The molecule has 2 unspecified atom stereocenters. The van der Waals surface area contributed by atoms with Crippen molar-refractivity contribution in [3.8, 4) is 11.8 Å². The van der Waals surface area contributed by atoms with Gasteiger partial charge in [-0.25, -0.2) is 4.98 Å². The molecule has 2 N–H and O–H groups in total. The van der Waals surface area contributed by atoms with E-state index in [4.69, 9.17) is 0 Å². The van der Waals surface area contributed by atoms with E-state index < -0.39 is 18.0 Å². The Hall–Kier alpha value is -5.88. The van der Waals surface area contributed by atoms with Crippen LogP contribution in [0.3, 0.4) is 0 Å². The van der Waals surface area contributed by atoms with Gasteiger partial charge in [-0.3, -0.25) is 39.5 Å². The minimum Gasteiger partial charge on any atom is -0.371 e. The summed E-state index contributed by atoms with van der Waals surface area (Å²) in [6.45, 7) is 7.90. The number of fused-ring (bicyclic) bond motifs is 2. The molecule has 2 atom stereocenters. The van der Waals surface area contributed by atoms with Crippen molar-refractivity contribution in [1.82, 2.24) is 29.9 Å². The molecule has 4 aromatic rings. The van der Waals surface area contributed by atoms with Crippen LogP contribution in [0.4, 0.5) is 10.8 Å². The number of carbonyl (C=O) groups excluding carboxylic acids is 5. The Morgan fingerprint density at radius 3 is 2.46 bits per heavy atom. The van der Waals surface area contributed by atoms with E-state index in [0.29, 0.717) is 41.8 Å². The minimum absolute atomic E-state index is 0.129. The second-order valence-corrected chi connectivity index (χ2v) is 17.4. The molecule has 0 spiro atoms. The van der Waals surface area contributed by atoms with Crippen LogP contribution in [0.25, 0.3) is 0 Å². The second-order valence-electron chi connectivity index (χ2n) is 16.5. The van der Waals surface area contributed by atoms with Gasteiger partial charge in [0.15, 0.2) is 5.13 Å². The van der Waals surface area contributed by atoms with E-state index in [2.05, 4.69) is 54.3 Å². The van der Waals surface area contributed by atoms with Gasteiger partial charge in [0.25, 0.3) is 17.7 Å². The van der Waals surface area contributed by atoms with E-state index in [-0.39, 0.29) is 30.0 Å². The molecule has 3 aromatic carbocycles. The van der Waals surface area contributed by atoms with Crippen molar-refractivity contribution in [2.75, 3.05) is 56.0 Å². The third-order valence-corrected chi connectivity index (χ3v) is 13.5. The van der Waals surface area contributed by atoms with Crippen molar-refractivity contribution in [3.63, 3.8) is 0 Å². The summed E-state index contributed by atoms with van der Waals surface area (Å²) in [5.41, 5.74) is 5.72. The number of imide groups is 1. The van der Waals surface area contributed by atoms with Crippen molar-refractivity contribution in [3.05, 3.63) is 112 Å². The number of anilines is 2. The topological polar surface area (TPSA) is 138 Å². The van der Waals surface area contributed by atoms with Gasteiger partial charge in [-0.15, -0.1) is 11.3 Å². The zero-order valence-corrected chi connectivity index (χ0v) is 35.0. The van der Waals surface area contributed by atoms with Crippen molar-refractivity contribution in [2.45, 2.75) is 76.2 Å². The number of piperidine rings is 2. The average molecular weight is 839 g/mol. The summed E-state index contributed by atoms with van der Waals surface area (Å²) in [5, 5.41) is 7.60. The fourth-order valence-electron chi connectivity index (χ4n) is 9.53. The fourth-order valence-corrected chi connectivity index (χ4v) is 10.1. The maximum atomic E-state index is 14.0. The molecule has 3 fully saturated rings. The number of aromatic nitrogens is 1. The number of piperazine rings is 1.